The lowest BCUT2D eigenvalue weighted by molar-refractivity contribution is 0.475. The number of hydrogen-bond donors (Lipinski definition) is 2. The molecule has 0 radical (unpaired) electrons. The second kappa shape index (κ2) is 5.28. The topological polar surface area (TPSA) is 62.4 Å². The first-order valence-electron chi connectivity index (χ1n) is 6.23. The number of phenols is 1. The van der Waals surface area contributed by atoms with Gasteiger partial charge in [0.05, 0.1) is 0 Å². The zero-order valence-electron chi connectivity index (χ0n) is 11.5. The Kier molecular flexibility index (Phi) is 3.71. The van der Waals surface area contributed by atoms with Crippen LogP contribution >= 0.6 is 0 Å². The largest absolute Gasteiger partial charge is 0.508 e. The van der Waals surface area contributed by atoms with Crippen LogP contribution in [0.1, 0.15) is 16.8 Å². The van der Waals surface area contributed by atoms with Crippen molar-refractivity contribution < 1.29 is 5.11 Å². The predicted molar refractivity (Wildman–Crippen MR) is 77.8 cm³/mol. The van der Waals surface area contributed by atoms with E-state index in [1.165, 1.54) is 0 Å². The Labute approximate surface area is 113 Å². The number of rotatable bonds is 3. The lowest BCUT2D eigenvalue weighted by Gasteiger charge is -2.23. The molecule has 0 aliphatic heterocycles. The van der Waals surface area contributed by atoms with E-state index in [-0.39, 0.29) is 5.75 Å². The molecule has 0 amide bonds. The summed E-state index contributed by atoms with van der Waals surface area (Å²) in [7, 11) is 1.93. The Morgan fingerprint density at radius 2 is 2.00 bits per heavy atom. The molecule has 0 bridgehead atoms. The normalized spacial score (nSPS) is 10.5. The van der Waals surface area contributed by atoms with Crippen molar-refractivity contribution >= 4 is 11.5 Å². The molecule has 0 saturated carbocycles. The highest BCUT2D eigenvalue weighted by Crippen LogP contribution is 2.29. The molecule has 0 fully saturated rings. The monoisotopic (exact) mass is 257 g/mol. The van der Waals surface area contributed by atoms with E-state index in [9.17, 15) is 5.11 Å². The van der Waals surface area contributed by atoms with Gasteiger partial charge in [-0.1, -0.05) is 6.07 Å². The van der Waals surface area contributed by atoms with Crippen LogP contribution in [0.2, 0.25) is 0 Å². The number of pyridine rings is 1. The Balaban J connectivity index is 2.52. The smallest absolute Gasteiger partial charge is 0.137 e. The maximum Gasteiger partial charge on any atom is 0.137 e. The highest BCUT2D eigenvalue weighted by molar-refractivity contribution is 5.64. The standard InChI is InChI=1S/C15H19N3O/c1-10-7-11(2)17-15(14(10)9-16)18(3)12-5-4-6-13(19)8-12/h4-8,19H,9,16H2,1-3H3. The maximum absolute atomic E-state index is 9.57. The van der Waals surface area contributed by atoms with Crippen molar-refractivity contribution in [1.29, 1.82) is 0 Å². The molecule has 19 heavy (non-hydrogen) atoms. The summed E-state index contributed by atoms with van der Waals surface area (Å²) < 4.78 is 0. The number of benzene rings is 1. The minimum absolute atomic E-state index is 0.239. The molecule has 3 N–H and O–H groups in total. The quantitative estimate of drug-likeness (QED) is 0.887. The molecule has 4 heteroatoms. The molecule has 0 spiro atoms. The molecular formula is C15H19N3O. The molecule has 4 nitrogen and oxygen atoms in total. The van der Waals surface area contributed by atoms with Crippen LogP contribution in [-0.2, 0) is 6.54 Å². The molecule has 1 heterocycles. The lowest BCUT2D eigenvalue weighted by atomic mass is 10.1. The van der Waals surface area contributed by atoms with Crippen LogP contribution in [0.3, 0.4) is 0 Å². The van der Waals surface area contributed by atoms with Crippen molar-refractivity contribution in [3.63, 3.8) is 0 Å². The average Bonchev–Trinajstić information content (AvgIpc) is 2.37. The number of aromatic hydroxyl groups is 1. The summed E-state index contributed by atoms with van der Waals surface area (Å²) in [6.07, 6.45) is 0. The molecule has 0 atom stereocenters. The fourth-order valence-electron chi connectivity index (χ4n) is 2.20. The van der Waals surface area contributed by atoms with E-state index >= 15 is 0 Å². The maximum atomic E-state index is 9.57. The molecule has 100 valence electrons. The zero-order chi connectivity index (χ0) is 14.0. The summed E-state index contributed by atoms with van der Waals surface area (Å²) in [6.45, 7) is 4.45. The van der Waals surface area contributed by atoms with E-state index in [2.05, 4.69) is 4.98 Å². The van der Waals surface area contributed by atoms with E-state index in [0.717, 1.165) is 28.3 Å². The summed E-state index contributed by atoms with van der Waals surface area (Å²) >= 11 is 0. The fraction of sp³-hybridized carbons (Fsp3) is 0.267. The SMILES string of the molecule is Cc1cc(C)c(CN)c(N(C)c2cccc(O)c2)n1. The van der Waals surface area contributed by atoms with E-state index in [0.29, 0.717) is 6.54 Å². The van der Waals surface area contributed by atoms with Crippen LogP contribution in [0.4, 0.5) is 11.5 Å². The Hall–Kier alpha value is -2.07. The van der Waals surface area contributed by atoms with Gasteiger partial charge < -0.3 is 15.7 Å². The second-order valence-corrected chi connectivity index (χ2v) is 4.67. The van der Waals surface area contributed by atoms with Gasteiger partial charge in [-0.15, -0.1) is 0 Å². The number of nitrogens with two attached hydrogens (primary N) is 1. The van der Waals surface area contributed by atoms with Crippen molar-refractivity contribution in [1.82, 2.24) is 4.98 Å². The predicted octanol–water partition coefficient (Wildman–Crippen LogP) is 2.63. The van der Waals surface area contributed by atoms with Gasteiger partial charge in [0.1, 0.15) is 11.6 Å². The summed E-state index contributed by atoms with van der Waals surface area (Å²) in [5, 5.41) is 9.57. The molecule has 0 unspecified atom stereocenters. The third-order valence-electron chi connectivity index (χ3n) is 3.19. The highest BCUT2D eigenvalue weighted by atomic mass is 16.3. The first-order chi connectivity index (χ1) is 9.02. The van der Waals surface area contributed by atoms with Gasteiger partial charge in [-0.3, -0.25) is 0 Å². The molecule has 2 aromatic rings. The Morgan fingerprint density at radius 3 is 2.63 bits per heavy atom. The Bertz CT molecular complexity index is 596. The van der Waals surface area contributed by atoms with Crippen molar-refractivity contribution in [2.75, 3.05) is 11.9 Å². The number of aromatic nitrogens is 1. The van der Waals surface area contributed by atoms with E-state index in [4.69, 9.17) is 5.73 Å². The van der Waals surface area contributed by atoms with Crippen LogP contribution in [-0.4, -0.2) is 17.1 Å². The zero-order valence-corrected chi connectivity index (χ0v) is 11.5. The van der Waals surface area contributed by atoms with Crippen molar-refractivity contribution in [3.05, 3.63) is 47.2 Å². The van der Waals surface area contributed by atoms with Gasteiger partial charge in [0.15, 0.2) is 0 Å². The summed E-state index contributed by atoms with van der Waals surface area (Å²) in [5.74, 6) is 1.08. The van der Waals surface area contributed by atoms with Crippen molar-refractivity contribution in [3.8, 4) is 5.75 Å². The van der Waals surface area contributed by atoms with Gasteiger partial charge in [-0.2, -0.15) is 0 Å². The van der Waals surface area contributed by atoms with Gasteiger partial charge >= 0.3 is 0 Å². The van der Waals surface area contributed by atoms with Crippen LogP contribution in [0.25, 0.3) is 0 Å². The van der Waals surface area contributed by atoms with Gasteiger partial charge in [0.25, 0.3) is 0 Å². The third-order valence-corrected chi connectivity index (χ3v) is 3.19. The number of nitrogens with zero attached hydrogens (tertiary/aromatic N) is 2. The van der Waals surface area contributed by atoms with Crippen LogP contribution in [0.5, 0.6) is 5.75 Å². The molecule has 0 aliphatic rings. The molecule has 0 aliphatic carbocycles. The van der Waals surface area contributed by atoms with Crippen LogP contribution in [0.15, 0.2) is 30.3 Å². The van der Waals surface area contributed by atoms with Crippen molar-refractivity contribution in [2.45, 2.75) is 20.4 Å². The second-order valence-electron chi connectivity index (χ2n) is 4.67. The summed E-state index contributed by atoms with van der Waals surface area (Å²) in [4.78, 5) is 6.52. The minimum atomic E-state index is 0.239. The van der Waals surface area contributed by atoms with E-state index < -0.39 is 0 Å². The minimum Gasteiger partial charge on any atom is -0.508 e. The summed E-state index contributed by atoms with van der Waals surface area (Å²) in [6, 6.07) is 9.13. The number of hydrogen-bond acceptors (Lipinski definition) is 4. The fourth-order valence-corrected chi connectivity index (χ4v) is 2.20. The number of phenolic OH excluding ortho intramolecular Hbond substituents is 1. The van der Waals surface area contributed by atoms with Crippen LogP contribution in [0, 0.1) is 13.8 Å². The van der Waals surface area contributed by atoms with Crippen molar-refractivity contribution in [2.24, 2.45) is 5.73 Å². The molecular weight excluding hydrogens is 238 g/mol. The van der Waals surface area contributed by atoms with Crippen LogP contribution < -0.4 is 10.6 Å². The van der Waals surface area contributed by atoms with Gasteiger partial charge in [-0.05, 0) is 37.6 Å². The molecule has 0 saturated heterocycles. The van der Waals surface area contributed by atoms with E-state index in [1.807, 2.05) is 44.0 Å². The van der Waals surface area contributed by atoms with Gasteiger partial charge in [-0.25, -0.2) is 4.98 Å². The van der Waals surface area contributed by atoms with Gasteiger partial charge in [0.2, 0.25) is 0 Å². The van der Waals surface area contributed by atoms with E-state index in [1.54, 1.807) is 12.1 Å². The Morgan fingerprint density at radius 1 is 1.26 bits per heavy atom. The average molecular weight is 257 g/mol. The molecule has 1 aromatic carbocycles. The van der Waals surface area contributed by atoms with Gasteiger partial charge in [0, 0.05) is 36.6 Å². The molecule has 2 rings (SSSR count). The lowest BCUT2D eigenvalue weighted by Crippen LogP contribution is -2.16. The number of aryl methyl sites for hydroxylation is 2. The first kappa shape index (κ1) is 13.4. The first-order valence-corrected chi connectivity index (χ1v) is 6.23. The highest BCUT2D eigenvalue weighted by Gasteiger charge is 2.13. The molecule has 1 aromatic heterocycles. The number of anilines is 2. The summed E-state index contributed by atoms with van der Waals surface area (Å²) in [5.41, 5.74) is 9.83. The third kappa shape index (κ3) is 2.69.